The van der Waals surface area contributed by atoms with Crippen LogP contribution in [-0.4, -0.2) is 27.3 Å². The average Bonchev–Trinajstić information content (AvgIpc) is 2.80. The zero-order valence-electron chi connectivity index (χ0n) is 10.8. The van der Waals surface area contributed by atoms with E-state index in [9.17, 15) is 19.4 Å². The number of phenolic OH excluding ortho intramolecular Hbond substituents is 2. The third-order valence-corrected chi connectivity index (χ3v) is 3.23. The van der Waals surface area contributed by atoms with E-state index in [1.54, 1.807) is 6.07 Å². The lowest BCUT2D eigenvalue weighted by Gasteiger charge is -2.07. The largest absolute Gasteiger partial charge is 0.504 e. The van der Waals surface area contributed by atoms with Gasteiger partial charge in [0.05, 0.1) is 18.3 Å². The molecule has 106 valence electrons. The number of phenols is 2. The third kappa shape index (κ3) is 2.31. The minimum Gasteiger partial charge on any atom is -0.504 e. The van der Waals surface area contributed by atoms with E-state index in [1.807, 2.05) is 0 Å². The summed E-state index contributed by atoms with van der Waals surface area (Å²) in [7, 11) is 0. The van der Waals surface area contributed by atoms with Crippen LogP contribution < -0.4 is 0 Å². The summed E-state index contributed by atoms with van der Waals surface area (Å²) in [5.74, 6) is -1.61. The minimum atomic E-state index is -0.489. The van der Waals surface area contributed by atoms with Gasteiger partial charge in [0.2, 0.25) is 0 Å². The van der Waals surface area contributed by atoms with Crippen molar-refractivity contribution in [1.82, 2.24) is 5.01 Å². The molecule has 1 heterocycles. The van der Waals surface area contributed by atoms with Crippen molar-refractivity contribution in [2.45, 2.75) is 6.54 Å². The Labute approximate surface area is 119 Å². The Morgan fingerprint density at radius 1 is 1.14 bits per heavy atom. The molecule has 21 heavy (non-hydrogen) atoms. The summed E-state index contributed by atoms with van der Waals surface area (Å²) < 4.78 is 12.8. The molecular weight excluding hydrogens is 275 g/mol. The summed E-state index contributed by atoms with van der Waals surface area (Å²) in [6, 6.07) is 8.56. The van der Waals surface area contributed by atoms with Crippen LogP contribution in [0, 0.1) is 5.82 Å². The maximum atomic E-state index is 12.8. The van der Waals surface area contributed by atoms with Gasteiger partial charge in [0.15, 0.2) is 11.5 Å². The second-order valence-corrected chi connectivity index (χ2v) is 4.63. The van der Waals surface area contributed by atoms with Crippen LogP contribution in [0.1, 0.15) is 21.5 Å². The van der Waals surface area contributed by atoms with Crippen molar-refractivity contribution < 1.29 is 19.4 Å². The molecule has 0 saturated carbocycles. The molecule has 2 aromatic rings. The van der Waals surface area contributed by atoms with E-state index in [1.165, 1.54) is 41.6 Å². The van der Waals surface area contributed by atoms with E-state index in [4.69, 9.17) is 0 Å². The highest BCUT2D eigenvalue weighted by molar-refractivity contribution is 6.02. The molecule has 0 unspecified atom stereocenters. The van der Waals surface area contributed by atoms with Crippen molar-refractivity contribution in [2.75, 3.05) is 0 Å². The molecule has 0 fully saturated rings. The lowest BCUT2D eigenvalue weighted by atomic mass is 10.1. The smallest absolute Gasteiger partial charge is 0.278 e. The summed E-state index contributed by atoms with van der Waals surface area (Å²) in [6.07, 6.45) is 1.43. The number of nitrogens with zero attached hydrogens (tertiary/aromatic N) is 2. The Balaban J connectivity index is 1.85. The van der Waals surface area contributed by atoms with Crippen molar-refractivity contribution in [3.63, 3.8) is 0 Å². The molecule has 1 amide bonds. The van der Waals surface area contributed by atoms with Gasteiger partial charge in [-0.15, -0.1) is 0 Å². The normalized spacial score (nSPS) is 14.0. The molecule has 3 rings (SSSR count). The summed E-state index contributed by atoms with van der Waals surface area (Å²) in [5.41, 5.74) is 1.30. The molecule has 1 aliphatic rings. The van der Waals surface area contributed by atoms with E-state index < -0.39 is 11.7 Å². The highest BCUT2D eigenvalue weighted by atomic mass is 19.1. The lowest BCUT2D eigenvalue weighted by molar-refractivity contribution is 0.0782. The van der Waals surface area contributed by atoms with E-state index in [-0.39, 0.29) is 23.7 Å². The van der Waals surface area contributed by atoms with E-state index in [2.05, 4.69) is 5.10 Å². The van der Waals surface area contributed by atoms with Crippen LogP contribution in [0.3, 0.4) is 0 Å². The Morgan fingerprint density at radius 3 is 2.57 bits per heavy atom. The Bertz CT molecular complexity index is 741. The summed E-state index contributed by atoms with van der Waals surface area (Å²) in [4.78, 5) is 12.1. The fraction of sp³-hybridized carbons (Fsp3) is 0.0667. The number of fused-ring (bicyclic) bond motifs is 1. The molecule has 0 saturated heterocycles. The van der Waals surface area contributed by atoms with Gasteiger partial charge in [-0.05, 0) is 29.3 Å². The molecule has 1 aliphatic heterocycles. The van der Waals surface area contributed by atoms with Gasteiger partial charge in [-0.3, -0.25) is 4.79 Å². The summed E-state index contributed by atoms with van der Waals surface area (Å²) in [5, 5.41) is 24.4. The summed E-state index contributed by atoms with van der Waals surface area (Å²) in [6.45, 7) is 0.208. The first-order chi connectivity index (χ1) is 10.1. The number of amides is 1. The van der Waals surface area contributed by atoms with Gasteiger partial charge in [0.1, 0.15) is 5.82 Å². The molecular formula is C15H11FN2O3. The predicted molar refractivity (Wildman–Crippen MR) is 73.6 cm³/mol. The van der Waals surface area contributed by atoms with Gasteiger partial charge < -0.3 is 10.2 Å². The van der Waals surface area contributed by atoms with Gasteiger partial charge in [-0.25, -0.2) is 9.40 Å². The van der Waals surface area contributed by atoms with Crippen molar-refractivity contribution in [3.8, 4) is 11.5 Å². The van der Waals surface area contributed by atoms with Gasteiger partial charge in [0, 0.05) is 0 Å². The molecule has 0 aliphatic carbocycles. The summed E-state index contributed by atoms with van der Waals surface area (Å²) >= 11 is 0. The number of hydrazone groups is 1. The SMILES string of the molecule is O=C1c2c(ccc(O)c2O)CN1N=Cc1ccc(F)cc1. The zero-order valence-corrected chi connectivity index (χ0v) is 10.8. The van der Waals surface area contributed by atoms with Gasteiger partial charge in [-0.2, -0.15) is 5.10 Å². The van der Waals surface area contributed by atoms with Crippen LogP contribution in [0.5, 0.6) is 11.5 Å². The highest BCUT2D eigenvalue weighted by Crippen LogP contribution is 2.36. The molecule has 0 radical (unpaired) electrons. The van der Waals surface area contributed by atoms with Crippen LogP contribution in [0.25, 0.3) is 0 Å². The van der Waals surface area contributed by atoms with E-state index in [0.717, 1.165) is 0 Å². The van der Waals surface area contributed by atoms with E-state index in [0.29, 0.717) is 11.1 Å². The molecule has 0 atom stereocenters. The van der Waals surface area contributed by atoms with Crippen LogP contribution in [0.2, 0.25) is 0 Å². The molecule has 0 aromatic heterocycles. The van der Waals surface area contributed by atoms with Gasteiger partial charge in [-0.1, -0.05) is 18.2 Å². The Morgan fingerprint density at radius 2 is 1.86 bits per heavy atom. The zero-order chi connectivity index (χ0) is 15.0. The fourth-order valence-corrected chi connectivity index (χ4v) is 2.13. The number of carbonyl (C=O) groups excluding carboxylic acids is 1. The molecule has 2 N–H and O–H groups in total. The first-order valence-electron chi connectivity index (χ1n) is 6.21. The third-order valence-electron chi connectivity index (χ3n) is 3.23. The number of carbonyl (C=O) groups is 1. The molecule has 6 heteroatoms. The number of hydrogen-bond acceptors (Lipinski definition) is 4. The van der Waals surface area contributed by atoms with E-state index >= 15 is 0 Å². The number of rotatable bonds is 2. The average molecular weight is 286 g/mol. The fourth-order valence-electron chi connectivity index (χ4n) is 2.13. The molecule has 0 bridgehead atoms. The number of benzene rings is 2. The second kappa shape index (κ2) is 4.90. The lowest BCUT2D eigenvalue weighted by Crippen LogP contribution is -2.17. The minimum absolute atomic E-state index is 0.0613. The maximum Gasteiger partial charge on any atom is 0.278 e. The van der Waals surface area contributed by atoms with Crippen LogP contribution in [0.15, 0.2) is 41.5 Å². The Kier molecular flexibility index (Phi) is 3.06. The van der Waals surface area contributed by atoms with Crippen LogP contribution in [0.4, 0.5) is 4.39 Å². The standard InChI is InChI=1S/C15H11FN2O3/c16-11-4-1-9(2-5-11)7-17-18-8-10-3-6-12(19)14(20)13(10)15(18)21/h1-7,19-20H,8H2. The van der Waals surface area contributed by atoms with Gasteiger partial charge in [0.25, 0.3) is 5.91 Å². The topological polar surface area (TPSA) is 73.1 Å². The molecule has 0 spiro atoms. The first-order valence-corrected chi connectivity index (χ1v) is 6.21. The van der Waals surface area contributed by atoms with Crippen molar-refractivity contribution >= 4 is 12.1 Å². The van der Waals surface area contributed by atoms with Crippen molar-refractivity contribution in [2.24, 2.45) is 5.10 Å². The Hall–Kier alpha value is -2.89. The molecule has 2 aromatic carbocycles. The second-order valence-electron chi connectivity index (χ2n) is 4.63. The maximum absolute atomic E-state index is 12.8. The van der Waals surface area contributed by atoms with Gasteiger partial charge >= 0.3 is 0 Å². The van der Waals surface area contributed by atoms with Crippen LogP contribution >= 0.6 is 0 Å². The van der Waals surface area contributed by atoms with Crippen molar-refractivity contribution in [1.29, 1.82) is 0 Å². The highest BCUT2D eigenvalue weighted by Gasteiger charge is 2.31. The quantitative estimate of drug-likeness (QED) is 0.656. The number of hydrogen-bond donors (Lipinski definition) is 2. The monoisotopic (exact) mass is 286 g/mol. The predicted octanol–water partition coefficient (Wildman–Crippen LogP) is 2.23. The van der Waals surface area contributed by atoms with Crippen molar-refractivity contribution in [3.05, 3.63) is 58.9 Å². The number of halogens is 1. The van der Waals surface area contributed by atoms with Crippen LogP contribution in [-0.2, 0) is 6.54 Å². The first kappa shape index (κ1) is 13.1. The molecule has 5 nitrogen and oxygen atoms in total. The number of aromatic hydroxyl groups is 2.